The number of hydrogen-bond acceptors (Lipinski definition) is 6. The maximum Gasteiger partial charge on any atom is 0.230 e. The second-order valence-corrected chi connectivity index (χ2v) is 7.37. The van der Waals surface area contributed by atoms with E-state index in [0.717, 1.165) is 42.0 Å². The molecular weight excluding hydrogens is 364 g/mol. The average Bonchev–Trinajstić information content (AvgIpc) is 2.75. The summed E-state index contributed by atoms with van der Waals surface area (Å²) >= 11 is 0. The molecule has 7 nitrogen and oxygen atoms in total. The molecule has 4 rings (SSSR count). The highest BCUT2D eigenvalue weighted by Crippen LogP contribution is 2.25. The first-order valence-corrected chi connectivity index (χ1v) is 9.83. The Bertz CT molecular complexity index is 1010. The van der Waals surface area contributed by atoms with Gasteiger partial charge >= 0.3 is 0 Å². The molecule has 1 N–H and O–H groups in total. The lowest BCUT2D eigenvalue weighted by molar-refractivity contribution is -0.120. The van der Waals surface area contributed by atoms with Gasteiger partial charge in [-0.1, -0.05) is 6.07 Å². The fourth-order valence-corrected chi connectivity index (χ4v) is 3.58. The lowest BCUT2D eigenvalue weighted by Crippen LogP contribution is -2.41. The van der Waals surface area contributed by atoms with Crippen LogP contribution in [0.1, 0.15) is 24.1 Å². The van der Waals surface area contributed by atoms with E-state index >= 15 is 0 Å². The zero-order valence-electron chi connectivity index (χ0n) is 16.7. The molecule has 1 atom stereocenters. The van der Waals surface area contributed by atoms with E-state index in [1.807, 2.05) is 44.2 Å². The lowest BCUT2D eigenvalue weighted by Gasteiger charge is -2.33. The second-order valence-electron chi connectivity index (χ2n) is 7.37. The van der Waals surface area contributed by atoms with E-state index in [0.29, 0.717) is 18.2 Å². The minimum absolute atomic E-state index is 0.0108. The first-order chi connectivity index (χ1) is 14.1. The van der Waals surface area contributed by atoms with Gasteiger partial charge in [0.05, 0.1) is 5.92 Å². The van der Waals surface area contributed by atoms with Crippen molar-refractivity contribution in [3.05, 3.63) is 60.2 Å². The Labute approximate surface area is 170 Å². The molecule has 1 unspecified atom stereocenters. The molecule has 0 aromatic carbocycles. The Morgan fingerprint density at radius 2 is 1.97 bits per heavy atom. The molecule has 1 aliphatic rings. The lowest BCUT2D eigenvalue weighted by atomic mass is 9.97. The molecule has 4 heterocycles. The predicted octanol–water partition coefficient (Wildman–Crippen LogP) is 3.41. The minimum Gasteiger partial charge on any atom is -0.356 e. The highest BCUT2D eigenvalue weighted by atomic mass is 16.2. The molecule has 1 amide bonds. The summed E-state index contributed by atoms with van der Waals surface area (Å²) < 4.78 is 0. The van der Waals surface area contributed by atoms with Crippen molar-refractivity contribution in [1.29, 1.82) is 0 Å². The van der Waals surface area contributed by atoms with Crippen LogP contribution in [0.5, 0.6) is 0 Å². The minimum atomic E-state index is -0.107. The number of aryl methyl sites for hydroxylation is 2. The molecule has 0 bridgehead atoms. The zero-order valence-corrected chi connectivity index (χ0v) is 16.7. The largest absolute Gasteiger partial charge is 0.356 e. The first-order valence-electron chi connectivity index (χ1n) is 9.83. The van der Waals surface area contributed by atoms with Gasteiger partial charge in [-0.05, 0) is 50.5 Å². The number of amides is 1. The van der Waals surface area contributed by atoms with Crippen molar-refractivity contribution in [2.45, 2.75) is 26.7 Å². The molecule has 0 aliphatic carbocycles. The molecule has 1 aliphatic heterocycles. The van der Waals surface area contributed by atoms with E-state index in [-0.39, 0.29) is 11.8 Å². The van der Waals surface area contributed by atoms with Gasteiger partial charge in [0.25, 0.3) is 0 Å². The number of carbonyl (C=O) groups excluding carboxylic acids is 1. The second kappa shape index (κ2) is 8.34. The monoisotopic (exact) mass is 388 g/mol. The molecule has 29 heavy (non-hydrogen) atoms. The summed E-state index contributed by atoms with van der Waals surface area (Å²) in [4.78, 5) is 32.7. The number of aromatic nitrogens is 4. The summed E-state index contributed by atoms with van der Waals surface area (Å²) in [6, 6.07) is 9.60. The Morgan fingerprint density at radius 1 is 1.14 bits per heavy atom. The molecule has 3 aromatic heterocycles. The Balaban J connectivity index is 1.52. The molecule has 7 heteroatoms. The van der Waals surface area contributed by atoms with Crippen LogP contribution in [0.2, 0.25) is 0 Å². The van der Waals surface area contributed by atoms with Gasteiger partial charge < -0.3 is 10.2 Å². The third kappa shape index (κ3) is 4.39. The molecular formula is C22H24N6O. The summed E-state index contributed by atoms with van der Waals surface area (Å²) in [5.74, 6) is 2.07. The van der Waals surface area contributed by atoms with Crippen LogP contribution < -0.4 is 10.2 Å². The van der Waals surface area contributed by atoms with Crippen LogP contribution in [0.4, 0.5) is 11.6 Å². The van der Waals surface area contributed by atoms with Crippen LogP contribution in [0.25, 0.3) is 11.4 Å². The predicted molar refractivity (Wildman–Crippen MR) is 113 cm³/mol. The molecule has 1 fully saturated rings. The van der Waals surface area contributed by atoms with Crippen molar-refractivity contribution >= 4 is 17.5 Å². The summed E-state index contributed by atoms with van der Waals surface area (Å²) in [6.07, 6.45) is 6.96. The van der Waals surface area contributed by atoms with Gasteiger partial charge in [-0.3, -0.25) is 9.78 Å². The van der Waals surface area contributed by atoms with E-state index < -0.39 is 0 Å². The highest BCUT2D eigenvalue weighted by molar-refractivity contribution is 5.92. The molecule has 148 valence electrons. The SMILES string of the molecule is Cc1cc(N2CCCC(C(=O)Nc3ncccc3C)C2)nc(-c2ccncc2)n1. The number of nitrogens with one attached hydrogen (secondary N) is 1. The molecule has 0 radical (unpaired) electrons. The van der Waals surface area contributed by atoms with Gasteiger partial charge in [-0.2, -0.15) is 0 Å². The number of rotatable bonds is 4. The maximum absolute atomic E-state index is 12.8. The van der Waals surface area contributed by atoms with Crippen molar-refractivity contribution in [1.82, 2.24) is 19.9 Å². The number of nitrogens with zero attached hydrogens (tertiary/aromatic N) is 5. The van der Waals surface area contributed by atoms with Crippen LogP contribution in [0.15, 0.2) is 48.9 Å². The first kappa shape index (κ1) is 19.0. The van der Waals surface area contributed by atoms with Crippen LogP contribution in [0.3, 0.4) is 0 Å². The van der Waals surface area contributed by atoms with Crippen molar-refractivity contribution in [3.8, 4) is 11.4 Å². The Hall–Kier alpha value is -3.35. The average molecular weight is 388 g/mol. The summed E-state index contributed by atoms with van der Waals surface area (Å²) in [5.41, 5.74) is 2.79. The fourth-order valence-electron chi connectivity index (χ4n) is 3.58. The third-order valence-corrected chi connectivity index (χ3v) is 5.15. The van der Waals surface area contributed by atoms with Gasteiger partial charge in [0.1, 0.15) is 11.6 Å². The van der Waals surface area contributed by atoms with Crippen LogP contribution >= 0.6 is 0 Å². The van der Waals surface area contributed by atoms with Crippen LogP contribution in [-0.2, 0) is 4.79 Å². The van der Waals surface area contributed by atoms with E-state index in [1.165, 1.54) is 0 Å². The number of pyridine rings is 2. The molecule has 1 saturated heterocycles. The van der Waals surface area contributed by atoms with Crippen molar-refractivity contribution in [2.24, 2.45) is 5.92 Å². The Kier molecular flexibility index (Phi) is 5.46. The van der Waals surface area contributed by atoms with Crippen molar-refractivity contribution in [3.63, 3.8) is 0 Å². The van der Waals surface area contributed by atoms with Gasteiger partial charge in [0, 0.05) is 49.0 Å². The van der Waals surface area contributed by atoms with E-state index in [9.17, 15) is 4.79 Å². The number of carbonyl (C=O) groups is 1. The normalized spacial score (nSPS) is 16.5. The zero-order chi connectivity index (χ0) is 20.2. The van der Waals surface area contributed by atoms with Crippen molar-refractivity contribution < 1.29 is 4.79 Å². The Morgan fingerprint density at radius 3 is 2.76 bits per heavy atom. The summed E-state index contributed by atoms with van der Waals surface area (Å²) in [7, 11) is 0. The number of anilines is 2. The van der Waals surface area contributed by atoms with E-state index in [4.69, 9.17) is 4.98 Å². The highest BCUT2D eigenvalue weighted by Gasteiger charge is 2.27. The smallest absolute Gasteiger partial charge is 0.230 e. The van der Waals surface area contributed by atoms with Gasteiger partial charge in [0.2, 0.25) is 5.91 Å². The number of piperidine rings is 1. The van der Waals surface area contributed by atoms with E-state index in [2.05, 4.69) is 25.2 Å². The maximum atomic E-state index is 12.8. The standard InChI is InChI=1S/C22H24N6O/c1-15-5-3-9-24-20(15)27-22(29)18-6-4-12-28(14-18)19-13-16(2)25-21(26-19)17-7-10-23-11-8-17/h3,5,7-11,13,18H,4,6,12,14H2,1-2H3,(H,24,27,29). The van der Waals surface area contributed by atoms with Crippen molar-refractivity contribution in [2.75, 3.05) is 23.3 Å². The third-order valence-electron chi connectivity index (χ3n) is 5.15. The van der Waals surface area contributed by atoms with Gasteiger partial charge in [-0.15, -0.1) is 0 Å². The molecule has 0 saturated carbocycles. The quantitative estimate of drug-likeness (QED) is 0.737. The van der Waals surface area contributed by atoms with Crippen LogP contribution in [-0.4, -0.2) is 38.9 Å². The molecule has 3 aromatic rings. The molecule has 0 spiro atoms. The van der Waals surface area contributed by atoms with Gasteiger partial charge in [0.15, 0.2) is 5.82 Å². The topological polar surface area (TPSA) is 83.9 Å². The van der Waals surface area contributed by atoms with E-state index in [1.54, 1.807) is 18.6 Å². The fraction of sp³-hybridized carbons (Fsp3) is 0.318. The number of hydrogen-bond donors (Lipinski definition) is 1. The summed E-state index contributed by atoms with van der Waals surface area (Å²) in [5, 5.41) is 2.98. The summed E-state index contributed by atoms with van der Waals surface area (Å²) in [6.45, 7) is 5.41. The van der Waals surface area contributed by atoms with Gasteiger partial charge in [-0.25, -0.2) is 15.0 Å². The van der Waals surface area contributed by atoms with Crippen LogP contribution in [0, 0.1) is 19.8 Å².